The fourth-order valence-corrected chi connectivity index (χ4v) is 2.18. The second-order valence-electron chi connectivity index (χ2n) is 4.06. The number of carbonyl (C=O) groups is 1. The lowest BCUT2D eigenvalue weighted by molar-refractivity contribution is 0.112. The van der Waals surface area contributed by atoms with Crippen LogP contribution in [-0.2, 0) is 16.4 Å². The van der Waals surface area contributed by atoms with Crippen molar-refractivity contribution in [3.63, 3.8) is 0 Å². The molecule has 0 aliphatic heterocycles. The maximum atomic E-state index is 13.6. The summed E-state index contributed by atoms with van der Waals surface area (Å²) in [4.78, 5) is 14.5. The first kappa shape index (κ1) is 12.7. The minimum absolute atomic E-state index is 0.0641. The number of halogens is 1. The zero-order valence-corrected chi connectivity index (χ0v) is 10.4. The number of aromatic nitrogens is 2. The van der Waals surface area contributed by atoms with Gasteiger partial charge in [0, 0.05) is 18.4 Å². The van der Waals surface area contributed by atoms with Crippen LogP contribution in [-0.4, -0.2) is 36.3 Å². The Bertz CT molecular complexity index is 706. The summed E-state index contributed by atoms with van der Waals surface area (Å²) in [7, 11) is -3.11. The van der Waals surface area contributed by atoms with Crippen LogP contribution in [0.15, 0.2) is 18.5 Å². The highest BCUT2D eigenvalue weighted by molar-refractivity contribution is 7.90. The van der Waals surface area contributed by atoms with Crippen molar-refractivity contribution in [2.45, 2.75) is 6.54 Å². The molecule has 0 spiro atoms. The van der Waals surface area contributed by atoms with Crippen LogP contribution in [0.2, 0.25) is 0 Å². The van der Waals surface area contributed by atoms with Crippen molar-refractivity contribution in [1.82, 2.24) is 9.55 Å². The number of hydrogen-bond acceptors (Lipinski definition) is 4. The summed E-state index contributed by atoms with van der Waals surface area (Å²) in [6.45, 7) is 0.178. The largest absolute Gasteiger partial charge is 0.329 e. The lowest BCUT2D eigenvalue weighted by atomic mass is 10.2. The second-order valence-corrected chi connectivity index (χ2v) is 6.32. The lowest BCUT2D eigenvalue weighted by Gasteiger charge is -2.03. The number of aryl methyl sites for hydroxylation is 1. The number of rotatable bonds is 4. The first-order chi connectivity index (χ1) is 8.40. The minimum Gasteiger partial charge on any atom is -0.329 e. The van der Waals surface area contributed by atoms with Gasteiger partial charge in [-0.2, -0.15) is 0 Å². The summed E-state index contributed by atoms with van der Waals surface area (Å²) in [5.41, 5.74) is 0.746. The maximum absolute atomic E-state index is 13.6. The van der Waals surface area contributed by atoms with Gasteiger partial charge >= 0.3 is 0 Å². The third-order valence-electron chi connectivity index (χ3n) is 2.54. The van der Waals surface area contributed by atoms with Crippen LogP contribution in [0, 0.1) is 5.82 Å². The molecule has 1 heterocycles. The molecule has 96 valence electrons. The number of nitrogens with zero attached hydrogens (tertiary/aromatic N) is 2. The van der Waals surface area contributed by atoms with Gasteiger partial charge in [0.2, 0.25) is 0 Å². The van der Waals surface area contributed by atoms with Crippen molar-refractivity contribution in [3.8, 4) is 0 Å². The van der Waals surface area contributed by atoms with E-state index in [0.717, 1.165) is 12.3 Å². The molecule has 1 aromatic heterocycles. The fourth-order valence-electron chi connectivity index (χ4n) is 1.65. The van der Waals surface area contributed by atoms with Gasteiger partial charge in [0.1, 0.15) is 21.6 Å². The van der Waals surface area contributed by atoms with Crippen LogP contribution < -0.4 is 0 Å². The van der Waals surface area contributed by atoms with E-state index in [4.69, 9.17) is 0 Å². The molecule has 0 radical (unpaired) electrons. The van der Waals surface area contributed by atoms with Crippen LogP contribution in [0.25, 0.3) is 11.0 Å². The van der Waals surface area contributed by atoms with Crippen molar-refractivity contribution in [2.75, 3.05) is 12.0 Å². The van der Waals surface area contributed by atoms with Crippen molar-refractivity contribution in [2.24, 2.45) is 0 Å². The highest BCUT2D eigenvalue weighted by Crippen LogP contribution is 2.18. The molecule has 5 nitrogen and oxygen atoms in total. The molecule has 0 saturated heterocycles. The summed E-state index contributed by atoms with van der Waals surface area (Å²) in [6, 6.07) is 2.59. The van der Waals surface area contributed by atoms with Crippen LogP contribution >= 0.6 is 0 Å². The molecule has 0 N–H and O–H groups in total. The molecule has 2 rings (SSSR count). The number of benzene rings is 1. The molecule has 0 aliphatic carbocycles. The molecular formula is C11H11FN2O3S. The normalized spacial score (nSPS) is 11.9. The average molecular weight is 270 g/mol. The Kier molecular flexibility index (Phi) is 3.16. The molecule has 18 heavy (non-hydrogen) atoms. The summed E-state index contributed by atoms with van der Waals surface area (Å²) in [5, 5.41) is 0. The molecule has 1 aromatic carbocycles. The van der Waals surface area contributed by atoms with E-state index in [1.165, 1.54) is 17.0 Å². The smallest absolute Gasteiger partial charge is 0.151 e. The monoisotopic (exact) mass is 270 g/mol. The number of hydrogen-bond donors (Lipinski definition) is 0. The fraction of sp³-hybridized carbons (Fsp3) is 0.273. The standard InChI is InChI=1S/C11H11FN2O3S/c1-18(16,17)3-2-14-7-13-11-9(12)4-8(6-15)5-10(11)14/h4-7H,2-3H2,1H3. The number of sulfone groups is 1. The maximum Gasteiger partial charge on any atom is 0.151 e. The third-order valence-corrected chi connectivity index (χ3v) is 3.46. The van der Waals surface area contributed by atoms with E-state index >= 15 is 0 Å². The molecular weight excluding hydrogens is 259 g/mol. The molecule has 0 unspecified atom stereocenters. The highest BCUT2D eigenvalue weighted by Gasteiger charge is 2.11. The van der Waals surface area contributed by atoms with Crippen LogP contribution in [0.3, 0.4) is 0 Å². The highest BCUT2D eigenvalue weighted by atomic mass is 32.2. The molecule has 0 saturated carbocycles. The van der Waals surface area contributed by atoms with Gasteiger partial charge in [-0.05, 0) is 12.1 Å². The molecule has 7 heteroatoms. The summed E-state index contributed by atoms with van der Waals surface area (Å²) in [5.74, 6) is -0.654. The Balaban J connectivity index is 2.46. The second kappa shape index (κ2) is 4.49. The van der Waals surface area contributed by atoms with Gasteiger partial charge in [-0.15, -0.1) is 0 Å². The van der Waals surface area contributed by atoms with Crippen LogP contribution in [0.1, 0.15) is 10.4 Å². The molecule has 0 bridgehead atoms. The Hall–Kier alpha value is -1.76. The van der Waals surface area contributed by atoms with Crippen molar-refractivity contribution < 1.29 is 17.6 Å². The minimum atomic E-state index is -3.11. The Morgan fingerprint density at radius 1 is 1.44 bits per heavy atom. The lowest BCUT2D eigenvalue weighted by Crippen LogP contribution is -2.10. The summed E-state index contributed by atoms with van der Waals surface area (Å²) in [6.07, 6.45) is 3.04. The number of imidazole rings is 1. The van der Waals surface area contributed by atoms with Gasteiger partial charge in [0.05, 0.1) is 17.6 Å². The molecule has 0 aliphatic rings. The molecule has 2 aromatic rings. The van der Waals surface area contributed by atoms with Crippen LogP contribution in [0.4, 0.5) is 4.39 Å². The summed E-state index contributed by atoms with van der Waals surface area (Å²) >= 11 is 0. The SMILES string of the molecule is CS(=O)(=O)CCn1cnc2c(F)cc(C=O)cc21. The average Bonchev–Trinajstić information content (AvgIpc) is 2.69. The predicted molar refractivity (Wildman–Crippen MR) is 64.8 cm³/mol. The van der Waals surface area contributed by atoms with E-state index in [0.29, 0.717) is 11.8 Å². The summed E-state index contributed by atoms with van der Waals surface area (Å²) < 4.78 is 37.3. The van der Waals surface area contributed by atoms with Gasteiger partial charge in [0.15, 0.2) is 5.82 Å². The van der Waals surface area contributed by atoms with E-state index in [9.17, 15) is 17.6 Å². The van der Waals surface area contributed by atoms with Gasteiger partial charge in [-0.1, -0.05) is 0 Å². The van der Waals surface area contributed by atoms with E-state index in [1.54, 1.807) is 0 Å². The van der Waals surface area contributed by atoms with Gasteiger partial charge in [0.25, 0.3) is 0 Å². The molecule has 0 atom stereocenters. The van der Waals surface area contributed by atoms with Crippen molar-refractivity contribution in [1.29, 1.82) is 0 Å². The zero-order chi connectivity index (χ0) is 13.3. The van der Waals surface area contributed by atoms with Crippen molar-refractivity contribution >= 4 is 27.2 Å². The topological polar surface area (TPSA) is 69.0 Å². The first-order valence-electron chi connectivity index (χ1n) is 5.18. The van der Waals surface area contributed by atoms with Gasteiger partial charge < -0.3 is 4.57 Å². The van der Waals surface area contributed by atoms with Gasteiger partial charge in [-0.3, -0.25) is 4.79 Å². The third kappa shape index (κ3) is 2.56. The zero-order valence-electron chi connectivity index (χ0n) is 9.63. The number of aldehydes is 1. The predicted octanol–water partition coefficient (Wildman–Crippen LogP) is 1.03. The Labute approximate surface area is 103 Å². The van der Waals surface area contributed by atoms with E-state index in [2.05, 4.69) is 4.98 Å². The quantitative estimate of drug-likeness (QED) is 0.778. The number of fused-ring (bicyclic) bond motifs is 1. The van der Waals surface area contributed by atoms with E-state index in [-0.39, 0.29) is 23.4 Å². The van der Waals surface area contributed by atoms with E-state index < -0.39 is 15.7 Å². The first-order valence-corrected chi connectivity index (χ1v) is 7.24. The van der Waals surface area contributed by atoms with Gasteiger partial charge in [-0.25, -0.2) is 17.8 Å². The molecule has 0 amide bonds. The Morgan fingerprint density at radius 3 is 2.78 bits per heavy atom. The van der Waals surface area contributed by atoms with E-state index in [1.807, 2.05) is 0 Å². The van der Waals surface area contributed by atoms with Crippen molar-refractivity contribution in [3.05, 3.63) is 29.8 Å². The number of carbonyl (C=O) groups excluding carboxylic acids is 1. The Morgan fingerprint density at radius 2 is 2.17 bits per heavy atom. The molecule has 0 fully saturated rings. The van der Waals surface area contributed by atoms with Crippen LogP contribution in [0.5, 0.6) is 0 Å².